The van der Waals surface area contributed by atoms with Gasteiger partial charge in [-0.15, -0.1) is 0 Å². The summed E-state index contributed by atoms with van der Waals surface area (Å²) < 4.78 is 10.2. The van der Waals surface area contributed by atoms with Crippen LogP contribution >= 0.6 is 0 Å². The van der Waals surface area contributed by atoms with E-state index < -0.39 is 5.92 Å². The zero-order chi connectivity index (χ0) is 15.4. The largest absolute Gasteiger partial charge is 0.468 e. The number of methoxy groups -OCH3 is 1. The highest BCUT2D eigenvalue weighted by atomic mass is 16.5. The number of hydrogen-bond acceptors (Lipinski definition) is 6. The monoisotopic (exact) mass is 294 g/mol. The number of rotatable bonds is 5. The highest BCUT2D eigenvalue weighted by molar-refractivity contribution is 5.77. The minimum absolute atomic E-state index is 0.0686. The van der Waals surface area contributed by atoms with Crippen LogP contribution in [0.5, 0.6) is 0 Å². The molecule has 1 saturated heterocycles. The van der Waals surface area contributed by atoms with Crippen LogP contribution in [0.4, 0.5) is 5.82 Å². The van der Waals surface area contributed by atoms with Crippen molar-refractivity contribution < 1.29 is 18.8 Å². The predicted octanol–water partition coefficient (Wildman–Crippen LogP) is 2.00. The summed E-state index contributed by atoms with van der Waals surface area (Å²) >= 11 is 0. The number of anilines is 1. The topological polar surface area (TPSA) is 72.6 Å². The van der Waals surface area contributed by atoms with Crippen LogP contribution in [-0.4, -0.2) is 37.6 Å². The standard InChI is InChI=1S/C15H22N2O4/c1-10(2)14(15(19)20-3)12-8-13(16-21-12)17-6-4-11(9-18)5-7-17/h8-11,14H,4-7H2,1-3H3. The maximum atomic E-state index is 11.9. The number of aldehydes is 1. The highest BCUT2D eigenvalue weighted by Crippen LogP contribution is 2.30. The molecule has 1 aliphatic rings. The number of ether oxygens (including phenoxy) is 1. The molecule has 1 fully saturated rings. The van der Waals surface area contributed by atoms with E-state index in [9.17, 15) is 9.59 Å². The molecule has 0 saturated carbocycles. The van der Waals surface area contributed by atoms with Crippen LogP contribution < -0.4 is 4.90 Å². The van der Waals surface area contributed by atoms with E-state index in [1.54, 1.807) is 0 Å². The molecule has 1 aromatic rings. The number of aromatic nitrogens is 1. The molecule has 0 N–H and O–H groups in total. The zero-order valence-electron chi connectivity index (χ0n) is 12.7. The first-order valence-electron chi connectivity index (χ1n) is 7.31. The Morgan fingerprint density at radius 2 is 2.14 bits per heavy atom. The van der Waals surface area contributed by atoms with Crippen molar-refractivity contribution in [2.45, 2.75) is 32.6 Å². The molecule has 2 heterocycles. The lowest BCUT2D eigenvalue weighted by Crippen LogP contribution is -2.34. The first-order chi connectivity index (χ1) is 10.1. The molecule has 0 aromatic carbocycles. The normalized spacial score (nSPS) is 17.8. The van der Waals surface area contributed by atoms with E-state index in [1.165, 1.54) is 7.11 Å². The van der Waals surface area contributed by atoms with Gasteiger partial charge in [0.2, 0.25) is 0 Å². The van der Waals surface area contributed by atoms with Gasteiger partial charge in [-0.2, -0.15) is 0 Å². The molecule has 1 aliphatic heterocycles. The van der Waals surface area contributed by atoms with E-state index in [2.05, 4.69) is 10.1 Å². The molecule has 1 aromatic heterocycles. The van der Waals surface area contributed by atoms with Crippen LogP contribution in [0.25, 0.3) is 0 Å². The van der Waals surface area contributed by atoms with E-state index in [0.29, 0.717) is 5.76 Å². The smallest absolute Gasteiger partial charge is 0.316 e. The SMILES string of the molecule is COC(=O)C(c1cc(N2CCC(C=O)CC2)no1)C(C)C. The molecule has 1 atom stereocenters. The Bertz CT molecular complexity index is 490. The van der Waals surface area contributed by atoms with Crippen LogP contribution in [0.2, 0.25) is 0 Å². The summed E-state index contributed by atoms with van der Waals surface area (Å²) in [4.78, 5) is 24.7. The molecule has 0 bridgehead atoms. The maximum absolute atomic E-state index is 11.9. The number of carbonyl (C=O) groups excluding carboxylic acids is 2. The van der Waals surface area contributed by atoms with Crippen molar-refractivity contribution in [3.05, 3.63) is 11.8 Å². The van der Waals surface area contributed by atoms with Crippen LogP contribution in [-0.2, 0) is 14.3 Å². The third kappa shape index (κ3) is 3.43. The van der Waals surface area contributed by atoms with E-state index in [0.717, 1.165) is 38.0 Å². The fraction of sp³-hybridized carbons (Fsp3) is 0.667. The maximum Gasteiger partial charge on any atom is 0.316 e. The lowest BCUT2D eigenvalue weighted by molar-refractivity contribution is -0.144. The molecule has 6 heteroatoms. The van der Waals surface area contributed by atoms with E-state index in [4.69, 9.17) is 9.26 Å². The Morgan fingerprint density at radius 1 is 1.48 bits per heavy atom. The van der Waals surface area contributed by atoms with Crippen molar-refractivity contribution in [3.63, 3.8) is 0 Å². The molecule has 0 amide bonds. The average molecular weight is 294 g/mol. The summed E-state index contributed by atoms with van der Waals surface area (Å²) in [7, 11) is 1.37. The minimum Gasteiger partial charge on any atom is -0.468 e. The zero-order valence-corrected chi connectivity index (χ0v) is 12.7. The summed E-state index contributed by atoms with van der Waals surface area (Å²) in [6, 6.07) is 1.81. The lowest BCUT2D eigenvalue weighted by Gasteiger charge is -2.29. The van der Waals surface area contributed by atoms with Gasteiger partial charge in [-0.05, 0) is 18.8 Å². The first-order valence-corrected chi connectivity index (χ1v) is 7.31. The molecular formula is C15H22N2O4. The minimum atomic E-state index is -0.441. The third-order valence-electron chi connectivity index (χ3n) is 4.00. The van der Waals surface area contributed by atoms with E-state index >= 15 is 0 Å². The van der Waals surface area contributed by atoms with Crippen molar-refractivity contribution >= 4 is 18.1 Å². The second kappa shape index (κ2) is 6.74. The van der Waals surface area contributed by atoms with Crippen molar-refractivity contribution in [1.29, 1.82) is 0 Å². The molecule has 21 heavy (non-hydrogen) atoms. The Labute approximate surface area is 124 Å². The first kappa shape index (κ1) is 15.5. The van der Waals surface area contributed by atoms with Crippen molar-refractivity contribution in [3.8, 4) is 0 Å². The molecule has 116 valence electrons. The van der Waals surface area contributed by atoms with Crippen molar-refractivity contribution in [2.75, 3.05) is 25.1 Å². The second-order valence-electron chi connectivity index (χ2n) is 5.79. The summed E-state index contributed by atoms with van der Waals surface area (Å²) in [6.45, 7) is 5.44. The third-order valence-corrected chi connectivity index (χ3v) is 4.00. The molecule has 1 unspecified atom stereocenters. The van der Waals surface area contributed by atoms with Crippen LogP contribution in [0.15, 0.2) is 10.6 Å². The molecule has 0 radical (unpaired) electrons. The van der Waals surface area contributed by atoms with Gasteiger partial charge in [0.25, 0.3) is 0 Å². The molecule has 0 aliphatic carbocycles. The fourth-order valence-corrected chi connectivity index (χ4v) is 2.68. The van der Waals surface area contributed by atoms with Gasteiger partial charge in [0.1, 0.15) is 12.2 Å². The average Bonchev–Trinajstić information content (AvgIpc) is 2.96. The number of carbonyl (C=O) groups is 2. The van der Waals surface area contributed by atoms with Gasteiger partial charge < -0.3 is 19.0 Å². The molecule has 6 nitrogen and oxygen atoms in total. The van der Waals surface area contributed by atoms with Gasteiger partial charge in [0, 0.05) is 25.1 Å². The number of nitrogens with zero attached hydrogens (tertiary/aromatic N) is 2. The summed E-state index contributed by atoms with van der Waals surface area (Å²) in [5.74, 6) is 0.717. The Hall–Kier alpha value is -1.85. The lowest BCUT2D eigenvalue weighted by atomic mass is 9.93. The number of piperidine rings is 1. The quantitative estimate of drug-likeness (QED) is 0.611. The van der Waals surface area contributed by atoms with Crippen molar-refractivity contribution in [1.82, 2.24) is 5.16 Å². The van der Waals surface area contributed by atoms with Crippen LogP contribution in [0.1, 0.15) is 38.4 Å². The predicted molar refractivity (Wildman–Crippen MR) is 77.1 cm³/mol. The van der Waals surface area contributed by atoms with Gasteiger partial charge in [-0.25, -0.2) is 0 Å². The Morgan fingerprint density at radius 3 is 2.67 bits per heavy atom. The van der Waals surface area contributed by atoms with Gasteiger partial charge >= 0.3 is 5.97 Å². The van der Waals surface area contributed by atoms with Crippen LogP contribution in [0, 0.1) is 11.8 Å². The number of esters is 1. The van der Waals surface area contributed by atoms with Crippen molar-refractivity contribution in [2.24, 2.45) is 11.8 Å². The molecular weight excluding hydrogens is 272 g/mol. The number of hydrogen-bond donors (Lipinski definition) is 0. The van der Waals surface area contributed by atoms with Gasteiger partial charge in [0.15, 0.2) is 11.6 Å². The van der Waals surface area contributed by atoms with Gasteiger partial charge in [0.05, 0.1) is 7.11 Å². The summed E-state index contributed by atoms with van der Waals surface area (Å²) in [5, 5.41) is 4.07. The van der Waals surface area contributed by atoms with E-state index in [-0.39, 0.29) is 17.8 Å². The van der Waals surface area contributed by atoms with Gasteiger partial charge in [-0.1, -0.05) is 19.0 Å². The van der Waals surface area contributed by atoms with E-state index in [1.807, 2.05) is 19.9 Å². The molecule has 2 rings (SSSR count). The Balaban J connectivity index is 2.10. The Kier molecular flexibility index (Phi) is 4.98. The summed E-state index contributed by atoms with van der Waals surface area (Å²) in [5.41, 5.74) is 0. The molecule has 0 spiro atoms. The fourth-order valence-electron chi connectivity index (χ4n) is 2.68. The van der Waals surface area contributed by atoms with Gasteiger partial charge in [-0.3, -0.25) is 4.79 Å². The second-order valence-corrected chi connectivity index (χ2v) is 5.79. The van der Waals surface area contributed by atoms with Crippen LogP contribution in [0.3, 0.4) is 0 Å². The highest BCUT2D eigenvalue weighted by Gasteiger charge is 2.30. The summed E-state index contributed by atoms with van der Waals surface area (Å²) in [6.07, 6.45) is 2.68.